The minimum atomic E-state index is -0.995. The highest BCUT2D eigenvalue weighted by Crippen LogP contribution is 2.33. The van der Waals surface area contributed by atoms with Crippen LogP contribution in [0.3, 0.4) is 0 Å². The summed E-state index contributed by atoms with van der Waals surface area (Å²) < 4.78 is 31.7. The lowest BCUT2D eigenvalue weighted by atomic mass is 9.85. The van der Waals surface area contributed by atoms with E-state index in [1.54, 1.807) is 0 Å². The van der Waals surface area contributed by atoms with Crippen LogP contribution in [0, 0.1) is 11.6 Å². The Labute approximate surface area is 111 Å². The van der Waals surface area contributed by atoms with Crippen LogP contribution in [-0.4, -0.2) is 18.5 Å². The van der Waals surface area contributed by atoms with Crippen LogP contribution in [0.25, 0.3) is 0 Å². The van der Waals surface area contributed by atoms with Gasteiger partial charge in [0.05, 0.1) is 0 Å². The van der Waals surface area contributed by atoms with Gasteiger partial charge >= 0.3 is 0 Å². The monoisotopic (exact) mass is 268 g/mol. The van der Waals surface area contributed by atoms with Gasteiger partial charge in [0.1, 0.15) is 5.60 Å². The average molecular weight is 268 g/mol. The van der Waals surface area contributed by atoms with Gasteiger partial charge in [0, 0.05) is 12.7 Å². The largest absolute Gasteiger partial charge is 0.370 e. The highest BCUT2D eigenvalue weighted by Gasteiger charge is 2.39. The minimum absolute atomic E-state index is 0.183. The van der Waals surface area contributed by atoms with E-state index >= 15 is 0 Å². The topological polar surface area (TPSA) is 26.3 Å². The van der Waals surface area contributed by atoms with Crippen molar-refractivity contribution < 1.29 is 18.3 Å². The van der Waals surface area contributed by atoms with Crippen molar-refractivity contribution in [1.82, 2.24) is 0 Å². The van der Waals surface area contributed by atoms with Crippen LogP contribution in [-0.2, 0) is 4.74 Å². The van der Waals surface area contributed by atoms with Crippen LogP contribution in [0.5, 0.6) is 0 Å². The first-order chi connectivity index (χ1) is 9.09. The van der Waals surface area contributed by atoms with Crippen molar-refractivity contribution in [2.24, 2.45) is 0 Å². The second-order valence-electron chi connectivity index (χ2n) is 5.07. The Balaban J connectivity index is 2.31. The first-order valence-corrected chi connectivity index (χ1v) is 6.64. The minimum Gasteiger partial charge on any atom is -0.370 e. The fraction of sp³-hybridized carbons (Fsp3) is 0.533. The van der Waals surface area contributed by atoms with Crippen LogP contribution >= 0.6 is 0 Å². The molecule has 2 nitrogen and oxygen atoms in total. The molecule has 1 aliphatic rings. The van der Waals surface area contributed by atoms with Gasteiger partial charge in [-0.1, -0.05) is 25.7 Å². The molecule has 0 unspecified atom stereocenters. The molecule has 1 fully saturated rings. The molecule has 0 saturated heterocycles. The summed E-state index contributed by atoms with van der Waals surface area (Å²) in [6.45, 7) is 0. The summed E-state index contributed by atoms with van der Waals surface area (Å²) in [7, 11) is 1.52. The molecule has 0 spiro atoms. The Bertz CT molecular complexity index is 463. The highest BCUT2D eigenvalue weighted by molar-refractivity contribution is 6.02. The number of carbonyl (C=O) groups is 1. The summed E-state index contributed by atoms with van der Waals surface area (Å²) in [6, 6.07) is 3.28. The van der Waals surface area contributed by atoms with E-state index in [2.05, 4.69) is 0 Å². The molecule has 0 atom stereocenters. The van der Waals surface area contributed by atoms with E-state index in [4.69, 9.17) is 4.74 Å². The number of ketones is 1. The molecule has 0 bridgehead atoms. The van der Waals surface area contributed by atoms with Crippen LogP contribution in [0.15, 0.2) is 18.2 Å². The number of hydrogen-bond acceptors (Lipinski definition) is 2. The molecule has 0 radical (unpaired) electrons. The second kappa shape index (κ2) is 5.78. The summed E-state index contributed by atoms with van der Waals surface area (Å²) in [4.78, 5) is 12.6. The Hall–Kier alpha value is -1.29. The fourth-order valence-electron chi connectivity index (χ4n) is 2.72. The van der Waals surface area contributed by atoms with Crippen molar-refractivity contribution in [3.05, 3.63) is 35.4 Å². The van der Waals surface area contributed by atoms with E-state index in [1.165, 1.54) is 13.2 Å². The number of benzene rings is 1. The Morgan fingerprint density at radius 2 is 1.74 bits per heavy atom. The highest BCUT2D eigenvalue weighted by atomic mass is 19.2. The smallest absolute Gasteiger partial charge is 0.194 e. The van der Waals surface area contributed by atoms with Gasteiger partial charge in [-0.3, -0.25) is 4.79 Å². The van der Waals surface area contributed by atoms with E-state index in [-0.39, 0.29) is 11.3 Å². The van der Waals surface area contributed by atoms with Crippen LogP contribution < -0.4 is 0 Å². The van der Waals surface area contributed by atoms with Gasteiger partial charge in [-0.25, -0.2) is 8.78 Å². The molecule has 19 heavy (non-hydrogen) atoms. The first-order valence-electron chi connectivity index (χ1n) is 6.64. The van der Waals surface area contributed by atoms with Gasteiger partial charge in [0.2, 0.25) is 0 Å². The molecular weight excluding hydrogens is 250 g/mol. The van der Waals surface area contributed by atoms with Crippen molar-refractivity contribution in [2.45, 2.75) is 44.1 Å². The van der Waals surface area contributed by atoms with Crippen molar-refractivity contribution >= 4 is 5.78 Å². The molecule has 0 aromatic heterocycles. The van der Waals surface area contributed by atoms with Gasteiger partial charge in [-0.05, 0) is 31.0 Å². The number of hydrogen-bond donors (Lipinski definition) is 0. The van der Waals surface area contributed by atoms with Crippen LogP contribution in [0.1, 0.15) is 48.9 Å². The number of rotatable bonds is 3. The van der Waals surface area contributed by atoms with E-state index in [0.29, 0.717) is 12.8 Å². The first kappa shape index (κ1) is 14.1. The summed E-state index contributed by atoms with van der Waals surface area (Å²) in [5.41, 5.74) is -0.691. The van der Waals surface area contributed by atoms with Gasteiger partial charge in [0.15, 0.2) is 17.4 Å². The Kier molecular flexibility index (Phi) is 4.30. The second-order valence-corrected chi connectivity index (χ2v) is 5.07. The van der Waals surface area contributed by atoms with Gasteiger partial charge in [0.25, 0.3) is 0 Å². The molecule has 0 amide bonds. The summed E-state index contributed by atoms with van der Waals surface area (Å²) in [5.74, 6) is -2.18. The molecular formula is C15H18F2O2. The zero-order valence-corrected chi connectivity index (χ0v) is 11.0. The number of ether oxygens (including phenoxy) is 1. The molecule has 1 aromatic carbocycles. The van der Waals surface area contributed by atoms with E-state index in [1.807, 2.05) is 0 Å². The van der Waals surface area contributed by atoms with Crippen molar-refractivity contribution in [3.63, 3.8) is 0 Å². The maximum absolute atomic E-state index is 13.2. The third-order valence-electron chi connectivity index (χ3n) is 3.90. The quantitative estimate of drug-likeness (QED) is 0.614. The average Bonchev–Trinajstić information content (AvgIpc) is 2.67. The molecule has 0 N–H and O–H groups in total. The summed E-state index contributed by atoms with van der Waals surface area (Å²) in [5, 5.41) is 0. The van der Waals surface area contributed by atoms with E-state index < -0.39 is 17.2 Å². The molecule has 1 aliphatic carbocycles. The Morgan fingerprint density at radius 1 is 1.11 bits per heavy atom. The summed E-state index contributed by atoms with van der Waals surface area (Å²) in [6.07, 6.45) is 5.28. The predicted molar refractivity (Wildman–Crippen MR) is 68.1 cm³/mol. The molecule has 1 saturated carbocycles. The lowest BCUT2D eigenvalue weighted by Crippen LogP contribution is -2.40. The molecule has 0 heterocycles. The maximum Gasteiger partial charge on any atom is 0.194 e. The third kappa shape index (κ3) is 2.84. The Morgan fingerprint density at radius 3 is 2.26 bits per heavy atom. The van der Waals surface area contributed by atoms with Crippen molar-refractivity contribution in [1.29, 1.82) is 0 Å². The van der Waals surface area contributed by atoms with E-state index in [9.17, 15) is 13.6 Å². The molecule has 0 aliphatic heterocycles. The maximum atomic E-state index is 13.2. The lowest BCUT2D eigenvalue weighted by molar-refractivity contribution is -0.00695. The summed E-state index contributed by atoms with van der Waals surface area (Å²) >= 11 is 0. The standard InChI is InChI=1S/C15H18F2O2/c1-19-15(8-4-2-3-5-9-15)14(18)11-6-7-12(16)13(17)10-11/h6-7,10H,2-5,8-9H2,1H3. The predicted octanol–water partition coefficient (Wildman–Crippen LogP) is 3.89. The zero-order valence-electron chi connectivity index (χ0n) is 11.0. The van der Waals surface area contributed by atoms with Crippen molar-refractivity contribution in [3.8, 4) is 0 Å². The number of carbonyl (C=O) groups excluding carboxylic acids is 1. The fourth-order valence-corrected chi connectivity index (χ4v) is 2.72. The molecule has 1 aromatic rings. The molecule has 4 heteroatoms. The normalized spacial score (nSPS) is 18.9. The molecule has 2 rings (SSSR count). The van der Waals surface area contributed by atoms with Gasteiger partial charge in [-0.15, -0.1) is 0 Å². The van der Waals surface area contributed by atoms with Gasteiger partial charge in [-0.2, -0.15) is 0 Å². The lowest BCUT2D eigenvalue weighted by Gasteiger charge is -2.29. The van der Waals surface area contributed by atoms with Crippen molar-refractivity contribution in [2.75, 3.05) is 7.11 Å². The number of Topliss-reactive ketones (excluding diaryl/α,β-unsaturated/α-hetero) is 1. The van der Waals surface area contributed by atoms with Gasteiger partial charge < -0.3 is 4.74 Å². The SMILES string of the molecule is COC1(C(=O)c2ccc(F)c(F)c2)CCCCCC1. The van der Waals surface area contributed by atoms with Crippen LogP contribution in [0.4, 0.5) is 8.78 Å². The molecule has 104 valence electrons. The number of methoxy groups -OCH3 is 1. The third-order valence-corrected chi connectivity index (χ3v) is 3.90. The number of halogens is 2. The van der Waals surface area contributed by atoms with E-state index in [0.717, 1.165) is 37.8 Å². The zero-order chi connectivity index (χ0) is 13.9. The van der Waals surface area contributed by atoms with Crippen LogP contribution in [0.2, 0.25) is 0 Å².